The van der Waals surface area contributed by atoms with Gasteiger partial charge in [-0.15, -0.1) is 0 Å². The van der Waals surface area contributed by atoms with Gasteiger partial charge in [-0.2, -0.15) is 11.8 Å². The molecule has 0 aromatic rings. The van der Waals surface area contributed by atoms with Gasteiger partial charge in [0.1, 0.15) is 0 Å². The van der Waals surface area contributed by atoms with E-state index < -0.39 is 0 Å². The van der Waals surface area contributed by atoms with Crippen LogP contribution in [-0.4, -0.2) is 30.0 Å². The summed E-state index contributed by atoms with van der Waals surface area (Å²) in [6, 6.07) is 0.0806. The minimum absolute atomic E-state index is 0.0176. The molecule has 0 aliphatic rings. The van der Waals surface area contributed by atoms with Gasteiger partial charge in [-0.1, -0.05) is 0 Å². The van der Waals surface area contributed by atoms with Crippen LogP contribution in [0.4, 0.5) is 0 Å². The Bertz CT molecular complexity index is 130. The van der Waals surface area contributed by atoms with E-state index in [1.165, 1.54) is 11.8 Å². The second-order valence-corrected chi connectivity index (χ2v) is 3.70. The van der Waals surface area contributed by atoms with Crippen LogP contribution < -0.4 is 11.1 Å². The van der Waals surface area contributed by atoms with Crippen molar-refractivity contribution in [1.29, 1.82) is 0 Å². The summed E-state index contributed by atoms with van der Waals surface area (Å²) in [5.41, 5.74) is 5.34. The molecule has 4 heteroatoms. The first kappa shape index (κ1) is 10.8. The molecule has 2 atom stereocenters. The molecular formula is C7H16N2OS. The fourth-order valence-electron chi connectivity index (χ4n) is 0.526. The molecule has 3 nitrogen and oxygen atoms in total. The van der Waals surface area contributed by atoms with Gasteiger partial charge in [0.25, 0.3) is 0 Å². The van der Waals surface area contributed by atoms with E-state index in [2.05, 4.69) is 5.32 Å². The van der Waals surface area contributed by atoms with Crippen LogP contribution in [0.25, 0.3) is 0 Å². The second kappa shape index (κ2) is 5.43. The standard InChI is InChI=1S/C7H16N2OS/c1-5(4-8)9-7(10)6(2)11-3/h5-6H,4,8H2,1-3H3,(H,9,10)/t5-,6?/m1/s1. The van der Waals surface area contributed by atoms with Crippen LogP contribution in [0.3, 0.4) is 0 Å². The SMILES string of the molecule is CSC(C)C(=O)N[C@H](C)CN. The molecule has 1 unspecified atom stereocenters. The number of amides is 1. The number of hydrogen-bond donors (Lipinski definition) is 2. The Morgan fingerprint density at radius 3 is 2.55 bits per heavy atom. The third-order valence-corrected chi connectivity index (χ3v) is 2.39. The van der Waals surface area contributed by atoms with Crippen LogP contribution in [0, 0.1) is 0 Å². The molecule has 0 bridgehead atoms. The lowest BCUT2D eigenvalue weighted by Gasteiger charge is -2.14. The van der Waals surface area contributed by atoms with Crippen molar-refractivity contribution in [1.82, 2.24) is 5.32 Å². The minimum atomic E-state index is 0.0176. The van der Waals surface area contributed by atoms with Crippen molar-refractivity contribution < 1.29 is 4.79 Å². The number of thioether (sulfide) groups is 1. The van der Waals surface area contributed by atoms with E-state index in [0.29, 0.717) is 6.54 Å². The van der Waals surface area contributed by atoms with Crippen LogP contribution in [0.1, 0.15) is 13.8 Å². The number of carbonyl (C=O) groups is 1. The molecule has 0 spiro atoms. The molecule has 3 N–H and O–H groups in total. The quantitative estimate of drug-likeness (QED) is 0.643. The maximum absolute atomic E-state index is 11.2. The second-order valence-electron chi connectivity index (χ2n) is 2.52. The first-order valence-electron chi connectivity index (χ1n) is 3.65. The summed E-state index contributed by atoms with van der Waals surface area (Å²) >= 11 is 1.53. The van der Waals surface area contributed by atoms with Gasteiger partial charge in [-0.25, -0.2) is 0 Å². The molecule has 0 aliphatic heterocycles. The molecule has 0 aromatic carbocycles. The summed E-state index contributed by atoms with van der Waals surface area (Å²) in [4.78, 5) is 11.2. The molecule has 0 fully saturated rings. The molecule has 0 aromatic heterocycles. The monoisotopic (exact) mass is 176 g/mol. The van der Waals surface area contributed by atoms with E-state index in [1.807, 2.05) is 20.1 Å². The van der Waals surface area contributed by atoms with Crippen molar-refractivity contribution >= 4 is 17.7 Å². The van der Waals surface area contributed by atoms with E-state index in [9.17, 15) is 4.79 Å². The van der Waals surface area contributed by atoms with Gasteiger partial charge in [0.15, 0.2) is 0 Å². The Morgan fingerprint density at radius 2 is 2.18 bits per heavy atom. The molecule has 0 aliphatic carbocycles. The zero-order valence-electron chi connectivity index (χ0n) is 7.26. The topological polar surface area (TPSA) is 55.1 Å². The largest absolute Gasteiger partial charge is 0.351 e. The van der Waals surface area contributed by atoms with Gasteiger partial charge < -0.3 is 11.1 Å². The predicted molar refractivity (Wildman–Crippen MR) is 49.6 cm³/mol. The van der Waals surface area contributed by atoms with E-state index in [1.54, 1.807) is 0 Å². The van der Waals surface area contributed by atoms with Crippen molar-refractivity contribution in [3.63, 3.8) is 0 Å². The lowest BCUT2D eigenvalue weighted by molar-refractivity contribution is -0.120. The van der Waals surface area contributed by atoms with E-state index >= 15 is 0 Å². The van der Waals surface area contributed by atoms with Crippen LogP contribution in [-0.2, 0) is 4.79 Å². The smallest absolute Gasteiger partial charge is 0.233 e. The third-order valence-electron chi connectivity index (χ3n) is 1.46. The minimum Gasteiger partial charge on any atom is -0.351 e. The van der Waals surface area contributed by atoms with Crippen molar-refractivity contribution in [3.8, 4) is 0 Å². The Labute approximate surface area is 72.1 Å². The Morgan fingerprint density at radius 1 is 1.64 bits per heavy atom. The summed E-state index contributed by atoms with van der Waals surface area (Å²) in [5, 5.41) is 2.81. The molecule has 1 amide bonds. The van der Waals surface area contributed by atoms with Crippen LogP contribution in [0.2, 0.25) is 0 Å². The van der Waals surface area contributed by atoms with E-state index in [-0.39, 0.29) is 17.2 Å². The average molecular weight is 176 g/mol. The number of nitrogens with two attached hydrogens (primary N) is 1. The highest BCUT2D eigenvalue weighted by atomic mass is 32.2. The molecular weight excluding hydrogens is 160 g/mol. The lowest BCUT2D eigenvalue weighted by atomic mass is 10.3. The van der Waals surface area contributed by atoms with Crippen molar-refractivity contribution in [2.75, 3.05) is 12.8 Å². The van der Waals surface area contributed by atoms with Gasteiger partial charge in [0.05, 0.1) is 5.25 Å². The van der Waals surface area contributed by atoms with Gasteiger partial charge in [-0.3, -0.25) is 4.79 Å². The van der Waals surface area contributed by atoms with Crippen molar-refractivity contribution in [2.24, 2.45) is 5.73 Å². The fraction of sp³-hybridized carbons (Fsp3) is 0.857. The predicted octanol–water partition coefficient (Wildman–Crippen LogP) is 0.201. The normalized spacial score (nSPS) is 15.6. The van der Waals surface area contributed by atoms with E-state index in [0.717, 1.165) is 0 Å². The molecule has 11 heavy (non-hydrogen) atoms. The first-order valence-corrected chi connectivity index (χ1v) is 4.93. The van der Waals surface area contributed by atoms with Crippen LogP contribution in [0.5, 0.6) is 0 Å². The van der Waals surface area contributed by atoms with Gasteiger partial charge in [0.2, 0.25) is 5.91 Å². The molecule has 0 rings (SSSR count). The van der Waals surface area contributed by atoms with Gasteiger partial charge in [-0.05, 0) is 20.1 Å². The summed E-state index contributed by atoms with van der Waals surface area (Å²) in [6.45, 7) is 4.26. The number of rotatable bonds is 4. The zero-order chi connectivity index (χ0) is 8.85. The van der Waals surface area contributed by atoms with E-state index in [4.69, 9.17) is 5.73 Å². The third kappa shape index (κ3) is 4.27. The summed E-state index contributed by atoms with van der Waals surface area (Å²) in [5.74, 6) is 0.0652. The zero-order valence-corrected chi connectivity index (χ0v) is 8.07. The van der Waals surface area contributed by atoms with Gasteiger partial charge >= 0.3 is 0 Å². The molecule has 0 radical (unpaired) electrons. The highest BCUT2D eigenvalue weighted by Crippen LogP contribution is 2.04. The Kier molecular flexibility index (Phi) is 5.32. The average Bonchev–Trinajstić information content (AvgIpc) is 2.02. The summed E-state index contributed by atoms with van der Waals surface area (Å²) in [6.07, 6.45) is 1.91. The molecule has 66 valence electrons. The fourth-order valence-corrected chi connectivity index (χ4v) is 0.808. The number of nitrogens with one attached hydrogen (secondary N) is 1. The Hall–Kier alpha value is -0.220. The molecule has 0 heterocycles. The maximum Gasteiger partial charge on any atom is 0.233 e. The maximum atomic E-state index is 11.2. The first-order chi connectivity index (χ1) is 5.11. The molecule has 0 saturated carbocycles. The number of carbonyl (C=O) groups excluding carboxylic acids is 1. The van der Waals surface area contributed by atoms with Crippen LogP contribution >= 0.6 is 11.8 Å². The highest BCUT2D eigenvalue weighted by molar-refractivity contribution is 7.99. The lowest BCUT2D eigenvalue weighted by Crippen LogP contribution is -2.41. The number of hydrogen-bond acceptors (Lipinski definition) is 3. The summed E-state index contributed by atoms with van der Waals surface area (Å²) < 4.78 is 0. The van der Waals surface area contributed by atoms with Crippen LogP contribution in [0.15, 0.2) is 0 Å². The Balaban J connectivity index is 3.68. The summed E-state index contributed by atoms with van der Waals surface area (Å²) in [7, 11) is 0. The van der Waals surface area contributed by atoms with Crippen molar-refractivity contribution in [2.45, 2.75) is 25.1 Å². The molecule has 0 saturated heterocycles. The van der Waals surface area contributed by atoms with Crippen molar-refractivity contribution in [3.05, 3.63) is 0 Å². The highest BCUT2D eigenvalue weighted by Gasteiger charge is 2.12. The van der Waals surface area contributed by atoms with Gasteiger partial charge in [0, 0.05) is 12.6 Å².